The van der Waals surface area contributed by atoms with Crippen molar-refractivity contribution in [3.63, 3.8) is 0 Å². The molecule has 0 radical (unpaired) electrons. The summed E-state index contributed by atoms with van der Waals surface area (Å²) in [6.45, 7) is 5.14. The average Bonchev–Trinajstić information content (AvgIpc) is 2.65. The number of nitrogens with zero attached hydrogens (tertiary/aromatic N) is 2. The van der Waals surface area contributed by atoms with E-state index in [1.165, 1.54) is 24.3 Å². The summed E-state index contributed by atoms with van der Waals surface area (Å²) in [6.07, 6.45) is 0. The van der Waals surface area contributed by atoms with Gasteiger partial charge in [-0.1, -0.05) is 18.2 Å². The molecule has 1 aliphatic heterocycles. The molecule has 0 spiro atoms. The zero-order valence-electron chi connectivity index (χ0n) is 15.5. The molecule has 2 N–H and O–H groups in total. The molecular weight excluding hydrogens is 364 g/mol. The molecule has 7 nitrogen and oxygen atoms in total. The number of nitrogens with one attached hydrogen (secondary N) is 2. The fraction of sp³-hybridized carbons (Fsp3) is 0.316. The minimum atomic E-state index is -3.71. The Balaban J connectivity index is 1.67. The molecule has 3 rings (SSSR count). The van der Waals surface area contributed by atoms with Crippen molar-refractivity contribution in [1.29, 1.82) is 0 Å². The minimum absolute atomic E-state index is 0.113. The highest BCUT2D eigenvalue weighted by Gasteiger charge is 2.18. The third-order valence-corrected chi connectivity index (χ3v) is 5.96. The van der Waals surface area contributed by atoms with Crippen LogP contribution in [0.3, 0.4) is 0 Å². The number of benzene rings is 2. The van der Waals surface area contributed by atoms with Gasteiger partial charge in [-0.3, -0.25) is 14.9 Å². The van der Waals surface area contributed by atoms with Crippen LogP contribution in [0.5, 0.6) is 0 Å². The number of anilines is 1. The smallest absolute Gasteiger partial charge is 0.265 e. The Hall–Kier alpha value is -2.42. The van der Waals surface area contributed by atoms with Crippen LogP contribution in [-0.4, -0.2) is 57.5 Å². The van der Waals surface area contributed by atoms with Crippen molar-refractivity contribution in [2.24, 2.45) is 0 Å². The predicted octanol–water partition coefficient (Wildman–Crippen LogP) is 1.69. The van der Waals surface area contributed by atoms with Crippen LogP contribution in [0.2, 0.25) is 0 Å². The molecule has 0 aromatic heterocycles. The Labute approximate surface area is 160 Å². The Morgan fingerprint density at radius 1 is 0.963 bits per heavy atom. The lowest BCUT2D eigenvalue weighted by Gasteiger charge is -2.32. The Morgan fingerprint density at radius 3 is 2.22 bits per heavy atom. The van der Waals surface area contributed by atoms with E-state index >= 15 is 0 Å². The maximum Gasteiger partial charge on any atom is 0.265 e. The van der Waals surface area contributed by atoms with Gasteiger partial charge in [0.25, 0.3) is 15.9 Å². The van der Waals surface area contributed by atoms with Gasteiger partial charge >= 0.3 is 0 Å². The van der Waals surface area contributed by atoms with Gasteiger partial charge in [-0.2, -0.15) is 0 Å². The van der Waals surface area contributed by atoms with Crippen LogP contribution in [-0.2, 0) is 10.0 Å². The maximum absolute atomic E-state index is 12.6. The van der Waals surface area contributed by atoms with Gasteiger partial charge in [-0.25, -0.2) is 13.4 Å². The van der Waals surface area contributed by atoms with Gasteiger partial charge in [0, 0.05) is 31.7 Å². The van der Waals surface area contributed by atoms with Crippen LogP contribution >= 0.6 is 0 Å². The van der Waals surface area contributed by atoms with E-state index < -0.39 is 10.0 Å². The summed E-state index contributed by atoms with van der Waals surface area (Å²) in [5.74, 6) is -0.240. The number of hydrogen-bond donors (Lipinski definition) is 2. The van der Waals surface area contributed by atoms with E-state index in [-0.39, 0.29) is 10.8 Å². The van der Waals surface area contributed by atoms with Crippen LogP contribution in [0.1, 0.15) is 15.9 Å². The van der Waals surface area contributed by atoms with Crippen LogP contribution < -0.4 is 10.1 Å². The van der Waals surface area contributed by atoms with Crippen LogP contribution in [0.25, 0.3) is 0 Å². The number of carbonyl (C=O) groups is 1. The quantitative estimate of drug-likeness (QED) is 0.815. The molecule has 0 atom stereocenters. The van der Waals surface area contributed by atoms with Crippen molar-refractivity contribution in [2.75, 3.05) is 37.9 Å². The minimum Gasteiger partial charge on any atom is -0.304 e. The number of piperazine rings is 1. The van der Waals surface area contributed by atoms with E-state index in [2.05, 4.69) is 15.0 Å². The number of aryl methyl sites for hydroxylation is 1. The lowest BCUT2D eigenvalue weighted by atomic mass is 10.2. The first-order chi connectivity index (χ1) is 12.8. The van der Waals surface area contributed by atoms with Gasteiger partial charge in [0.15, 0.2) is 0 Å². The summed E-state index contributed by atoms with van der Waals surface area (Å²) >= 11 is 0. The molecule has 0 aliphatic carbocycles. The summed E-state index contributed by atoms with van der Waals surface area (Å²) in [6, 6.07) is 13.1. The van der Waals surface area contributed by atoms with Crippen molar-refractivity contribution < 1.29 is 13.2 Å². The number of sulfonamides is 1. The molecule has 8 heteroatoms. The highest BCUT2D eigenvalue weighted by molar-refractivity contribution is 7.92. The number of hydrazine groups is 1. The number of likely N-dealkylation sites (N-methyl/N-ethyl adjacent to an activating group) is 1. The first-order valence-electron chi connectivity index (χ1n) is 8.78. The zero-order valence-corrected chi connectivity index (χ0v) is 16.3. The molecule has 0 unspecified atom stereocenters. The summed E-state index contributed by atoms with van der Waals surface area (Å²) in [7, 11) is -1.66. The normalized spacial score (nSPS) is 16.1. The van der Waals surface area contributed by atoms with E-state index in [9.17, 15) is 13.2 Å². The molecule has 0 bridgehead atoms. The molecule has 2 aromatic rings. The Bertz CT molecular complexity index is 905. The number of carbonyl (C=O) groups excluding carboxylic acids is 1. The third-order valence-electron chi connectivity index (χ3n) is 4.58. The molecule has 1 amide bonds. The van der Waals surface area contributed by atoms with Crippen molar-refractivity contribution in [3.8, 4) is 0 Å². The van der Waals surface area contributed by atoms with Crippen LogP contribution in [0.4, 0.5) is 5.69 Å². The highest BCUT2D eigenvalue weighted by atomic mass is 32.2. The zero-order chi connectivity index (χ0) is 19.4. The molecule has 1 fully saturated rings. The summed E-state index contributed by atoms with van der Waals surface area (Å²) in [5.41, 5.74) is 4.66. The second-order valence-electron chi connectivity index (χ2n) is 6.68. The van der Waals surface area contributed by atoms with Gasteiger partial charge in [0.05, 0.1) is 10.6 Å². The number of hydrogen-bond acceptors (Lipinski definition) is 5. The average molecular weight is 388 g/mol. The van der Waals surface area contributed by atoms with E-state index in [1.54, 1.807) is 12.1 Å². The topological polar surface area (TPSA) is 81.7 Å². The van der Waals surface area contributed by atoms with E-state index in [0.717, 1.165) is 31.7 Å². The highest BCUT2D eigenvalue weighted by Crippen LogP contribution is 2.19. The molecule has 144 valence electrons. The maximum atomic E-state index is 12.6. The van der Waals surface area contributed by atoms with E-state index in [4.69, 9.17) is 0 Å². The fourth-order valence-corrected chi connectivity index (χ4v) is 3.93. The van der Waals surface area contributed by atoms with Crippen molar-refractivity contribution in [3.05, 3.63) is 59.7 Å². The van der Waals surface area contributed by atoms with E-state index in [1.807, 2.05) is 31.1 Å². The fourth-order valence-electron chi connectivity index (χ4n) is 2.80. The summed E-state index contributed by atoms with van der Waals surface area (Å²) in [4.78, 5) is 14.7. The summed E-state index contributed by atoms with van der Waals surface area (Å²) < 4.78 is 27.7. The third kappa shape index (κ3) is 4.85. The second kappa shape index (κ2) is 8.08. The van der Waals surface area contributed by atoms with Gasteiger partial charge in [0.1, 0.15) is 0 Å². The summed E-state index contributed by atoms with van der Waals surface area (Å²) in [5, 5.41) is 1.88. The van der Waals surface area contributed by atoms with E-state index in [0.29, 0.717) is 11.3 Å². The lowest BCUT2D eigenvalue weighted by molar-refractivity contribution is 0.0662. The van der Waals surface area contributed by atoms with Crippen molar-refractivity contribution in [2.45, 2.75) is 11.8 Å². The van der Waals surface area contributed by atoms with Crippen LogP contribution in [0.15, 0.2) is 53.4 Å². The monoisotopic (exact) mass is 388 g/mol. The molecular formula is C19H24N4O3S. The van der Waals surface area contributed by atoms with Crippen molar-refractivity contribution >= 4 is 21.6 Å². The van der Waals surface area contributed by atoms with Gasteiger partial charge in [-0.05, 0) is 49.9 Å². The lowest BCUT2D eigenvalue weighted by Crippen LogP contribution is -2.52. The second-order valence-corrected chi connectivity index (χ2v) is 8.36. The van der Waals surface area contributed by atoms with Gasteiger partial charge in [-0.15, -0.1) is 0 Å². The molecule has 1 saturated heterocycles. The molecule has 1 aliphatic rings. The first-order valence-corrected chi connectivity index (χ1v) is 10.3. The molecule has 1 heterocycles. The Kier molecular flexibility index (Phi) is 5.79. The molecule has 2 aromatic carbocycles. The predicted molar refractivity (Wildman–Crippen MR) is 105 cm³/mol. The number of amides is 1. The van der Waals surface area contributed by atoms with Crippen molar-refractivity contribution in [1.82, 2.24) is 15.3 Å². The SMILES string of the molecule is Cc1ccccc1NS(=O)(=O)c1ccc(C(=O)NN2CCN(C)CC2)cc1. The standard InChI is InChI=1S/C19H24N4O3S/c1-15-5-3-4-6-18(15)21-27(25,26)17-9-7-16(8-10-17)19(24)20-23-13-11-22(2)12-14-23/h3-10,21H,11-14H2,1-2H3,(H,20,24). The number of rotatable bonds is 5. The van der Waals surface area contributed by atoms with Crippen LogP contribution in [0, 0.1) is 6.92 Å². The Morgan fingerprint density at radius 2 is 1.59 bits per heavy atom. The molecule has 27 heavy (non-hydrogen) atoms. The largest absolute Gasteiger partial charge is 0.304 e. The first kappa shape index (κ1) is 19.3. The van der Waals surface area contributed by atoms with Gasteiger partial charge < -0.3 is 4.90 Å². The van der Waals surface area contributed by atoms with Gasteiger partial charge in [0.2, 0.25) is 0 Å². The molecule has 0 saturated carbocycles. The number of para-hydroxylation sites is 1.